The number of hydrogen-bond donors (Lipinski definition) is 5. The molecule has 0 aromatic carbocycles. The molecule has 10 heteroatoms. The van der Waals surface area contributed by atoms with Crippen molar-refractivity contribution < 1.29 is 49.3 Å². The maximum absolute atomic E-state index is 12.2. The van der Waals surface area contributed by atoms with Crippen molar-refractivity contribution >= 4 is 5.97 Å². The Morgan fingerprint density at radius 1 is 0.851 bits per heavy atom. The fraction of sp³-hybridized carbons (Fsp3) is 0.973. The van der Waals surface area contributed by atoms with Gasteiger partial charge in [0.2, 0.25) is 0 Å². The minimum absolute atomic E-state index is 0.00501. The Morgan fingerprint density at radius 3 is 2.19 bits per heavy atom. The van der Waals surface area contributed by atoms with Crippen LogP contribution in [0.3, 0.4) is 0 Å². The topological polar surface area (TPSA) is 155 Å². The molecular weight excluding hydrogens is 604 g/mol. The summed E-state index contributed by atoms with van der Waals surface area (Å²) in [4.78, 5) is 11.9. The molecule has 0 amide bonds. The second-order valence-corrected chi connectivity index (χ2v) is 18.8. The Morgan fingerprint density at radius 2 is 1.55 bits per heavy atom. The zero-order valence-corrected chi connectivity index (χ0v) is 29.7. The molecule has 0 bridgehead atoms. The van der Waals surface area contributed by atoms with Gasteiger partial charge in [0, 0.05) is 12.8 Å². The number of carbonyl (C=O) groups excluding carboxylic acids is 1. The van der Waals surface area contributed by atoms with Gasteiger partial charge in [-0.15, -0.1) is 0 Å². The summed E-state index contributed by atoms with van der Waals surface area (Å²) < 4.78 is 24.4. The number of rotatable bonds is 5. The van der Waals surface area contributed by atoms with Gasteiger partial charge < -0.3 is 44.5 Å². The van der Waals surface area contributed by atoms with E-state index >= 15 is 0 Å². The van der Waals surface area contributed by atoms with E-state index in [-0.39, 0.29) is 58.2 Å². The van der Waals surface area contributed by atoms with Crippen molar-refractivity contribution in [2.75, 3.05) is 6.61 Å². The minimum atomic E-state index is -1.32. The van der Waals surface area contributed by atoms with Crippen LogP contribution in [0.25, 0.3) is 0 Å². The third-order valence-electron chi connectivity index (χ3n) is 15.8. The molecule has 5 saturated carbocycles. The highest BCUT2D eigenvalue weighted by Crippen LogP contribution is 2.89. The smallest absolute Gasteiger partial charge is 0.303 e. The van der Waals surface area contributed by atoms with Crippen molar-refractivity contribution in [2.45, 2.75) is 173 Å². The first-order valence-electron chi connectivity index (χ1n) is 18.2. The third-order valence-corrected chi connectivity index (χ3v) is 15.8. The standard InChI is InChI=1S/C37H60O10/c1-19(38)45-27-26(42)22(41)17-44-30(27)46-24-10-12-37-18-36(37)14-13-33(6)29(35(8)11-9-25(47-35)32(4,5)43)21(40)16-34(33,7)23(36)15-20(39)28(37)31(24,2)3/h20-30,39-43H,9-18H2,1-8H3/t20?,21?,22-,23+,24+,25?,26+,27-,28+,29+,30+,33-,34+,35+,36+,37-/m1/s1. The Kier molecular flexibility index (Phi) is 7.80. The average Bonchev–Trinajstić information content (AvgIpc) is 3.30. The van der Waals surface area contributed by atoms with Crippen LogP contribution < -0.4 is 0 Å². The van der Waals surface area contributed by atoms with Gasteiger partial charge in [-0.1, -0.05) is 27.7 Å². The van der Waals surface area contributed by atoms with Crippen LogP contribution in [0.5, 0.6) is 0 Å². The van der Waals surface area contributed by atoms with Gasteiger partial charge in [-0.05, 0) is 117 Å². The summed E-state index contributed by atoms with van der Waals surface area (Å²) in [5, 5.41) is 55.8. The molecule has 3 unspecified atom stereocenters. The van der Waals surface area contributed by atoms with E-state index in [0.717, 1.165) is 44.9 Å². The van der Waals surface area contributed by atoms with Crippen LogP contribution in [0.1, 0.15) is 113 Å². The summed E-state index contributed by atoms with van der Waals surface area (Å²) in [7, 11) is 0. The predicted octanol–water partition coefficient (Wildman–Crippen LogP) is 3.47. The first-order valence-corrected chi connectivity index (χ1v) is 18.2. The Labute approximate surface area is 279 Å². The average molecular weight is 665 g/mol. The molecule has 7 fully saturated rings. The molecular formula is C37H60O10. The molecule has 268 valence electrons. The Hall–Kier alpha value is -0.850. The number of aliphatic hydroxyl groups is 5. The summed E-state index contributed by atoms with van der Waals surface area (Å²) in [6.07, 6.45) is 1.48. The fourth-order valence-electron chi connectivity index (χ4n) is 13.7. The van der Waals surface area contributed by atoms with E-state index in [0.29, 0.717) is 12.8 Å². The van der Waals surface area contributed by atoms with E-state index in [9.17, 15) is 30.3 Å². The largest absolute Gasteiger partial charge is 0.454 e. The molecule has 5 N–H and O–H groups in total. The van der Waals surface area contributed by atoms with Crippen molar-refractivity contribution in [1.82, 2.24) is 0 Å². The van der Waals surface area contributed by atoms with Gasteiger partial charge in [0.15, 0.2) is 12.4 Å². The molecule has 0 aromatic rings. The van der Waals surface area contributed by atoms with E-state index in [2.05, 4.69) is 34.6 Å². The van der Waals surface area contributed by atoms with Crippen LogP contribution >= 0.6 is 0 Å². The van der Waals surface area contributed by atoms with Crippen LogP contribution in [-0.2, 0) is 23.7 Å². The van der Waals surface area contributed by atoms with E-state index in [1.54, 1.807) is 0 Å². The summed E-state index contributed by atoms with van der Waals surface area (Å²) in [6, 6.07) is 0. The molecule has 0 radical (unpaired) electrons. The van der Waals surface area contributed by atoms with Crippen LogP contribution in [0.15, 0.2) is 0 Å². The molecule has 0 aromatic heterocycles. The van der Waals surface area contributed by atoms with Crippen molar-refractivity contribution in [3.05, 3.63) is 0 Å². The first-order chi connectivity index (χ1) is 21.7. The number of hydrogen-bond acceptors (Lipinski definition) is 10. The molecule has 2 aliphatic heterocycles. The number of fused-ring (bicyclic) bond motifs is 2. The van der Waals surface area contributed by atoms with Gasteiger partial charge in [0.05, 0.1) is 42.2 Å². The molecule has 7 aliphatic rings. The van der Waals surface area contributed by atoms with Crippen LogP contribution in [0, 0.1) is 44.8 Å². The van der Waals surface area contributed by atoms with E-state index in [1.165, 1.54) is 6.92 Å². The number of carbonyl (C=O) groups is 1. The third kappa shape index (κ3) is 4.60. The highest BCUT2D eigenvalue weighted by molar-refractivity contribution is 5.66. The van der Waals surface area contributed by atoms with Gasteiger partial charge in [0.25, 0.3) is 0 Å². The van der Waals surface area contributed by atoms with Crippen molar-refractivity contribution in [3.8, 4) is 0 Å². The maximum atomic E-state index is 12.2. The van der Waals surface area contributed by atoms with E-state index in [4.69, 9.17) is 18.9 Å². The summed E-state index contributed by atoms with van der Waals surface area (Å²) in [5.41, 5.74) is -2.18. The summed E-state index contributed by atoms with van der Waals surface area (Å²) in [6.45, 7) is 16.0. The summed E-state index contributed by atoms with van der Waals surface area (Å²) in [5.74, 6) is -0.368. The molecule has 16 atom stereocenters. The zero-order chi connectivity index (χ0) is 34.3. The van der Waals surface area contributed by atoms with Gasteiger partial charge in [0.1, 0.15) is 12.2 Å². The van der Waals surface area contributed by atoms with Crippen LogP contribution in [0.4, 0.5) is 0 Å². The van der Waals surface area contributed by atoms with Crippen molar-refractivity contribution in [2.24, 2.45) is 44.8 Å². The Bertz CT molecular complexity index is 1270. The zero-order valence-electron chi connectivity index (χ0n) is 29.7. The van der Waals surface area contributed by atoms with Gasteiger partial charge in [-0.3, -0.25) is 4.79 Å². The van der Waals surface area contributed by atoms with Crippen LogP contribution in [-0.4, -0.2) is 98.3 Å². The van der Waals surface area contributed by atoms with Gasteiger partial charge in [-0.25, -0.2) is 0 Å². The SMILES string of the molecule is CC(=O)O[C@H]1[C@H](O[C@H]2CC[C@]34C[C@]35CC[C@]3(C)[C@@H]([C@]6(C)CCC(C(C)(C)O)O6)C(O)C[C@@]3(C)[C@@H]5CC(O)[C@H]4C2(C)C)OC[C@@H](O)[C@@H]1O. The second kappa shape index (κ2) is 10.6. The van der Waals surface area contributed by atoms with Crippen LogP contribution in [0.2, 0.25) is 0 Å². The molecule has 2 heterocycles. The number of ether oxygens (including phenoxy) is 4. The van der Waals surface area contributed by atoms with E-state index in [1.807, 2.05) is 13.8 Å². The highest BCUT2D eigenvalue weighted by atomic mass is 16.7. The molecule has 2 spiro atoms. The lowest BCUT2D eigenvalue weighted by atomic mass is 9.41. The predicted molar refractivity (Wildman–Crippen MR) is 171 cm³/mol. The van der Waals surface area contributed by atoms with E-state index < -0.39 is 59.4 Å². The normalized spacial score (nSPS) is 56.6. The Balaban J connectivity index is 1.15. The lowest BCUT2D eigenvalue weighted by Crippen LogP contribution is -2.63. The molecule has 10 nitrogen and oxygen atoms in total. The molecule has 7 rings (SSSR count). The van der Waals surface area contributed by atoms with Crippen molar-refractivity contribution in [1.29, 1.82) is 0 Å². The first kappa shape index (κ1) is 34.6. The molecule has 47 heavy (non-hydrogen) atoms. The number of esters is 1. The molecule has 2 saturated heterocycles. The maximum Gasteiger partial charge on any atom is 0.303 e. The highest BCUT2D eigenvalue weighted by Gasteiger charge is 2.85. The molecule has 5 aliphatic carbocycles. The minimum Gasteiger partial charge on any atom is -0.454 e. The number of aliphatic hydroxyl groups excluding tert-OH is 4. The monoisotopic (exact) mass is 664 g/mol. The quantitative estimate of drug-likeness (QED) is 0.218. The van der Waals surface area contributed by atoms with Gasteiger partial charge in [-0.2, -0.15) is 0 Å². The summed E-state index contributed by atoms with van der Waals surface area (Å²) >= 11 is 0. The van der Waals surface area contributed by atoms with Crippen molar-refractivity contribution in [3.63, 3.8) is 0 Å². The lowest BCUT2D eigenvalue weighted by molar-refractivity contribution is -0.309. The fourth-order valence-corrected chi connectivity index (χ4v) is 13.7. The second-order valence-electron chi connectivity index (χ2n) is 18.8. The van der Waals surface area contributed by atoms with Gasteiger partial charge >= 0.3 is 5.97 Å². The lowest BCUT2D eigenvalue weighted by Gasteiger charge is -2.64.